The minimum atomic E-state index is -0.944. The van der Waals surface area contributed by atoms with Crippen molar-refractivity contribution in [2.75, 3.05) is 0 Å². The van der Waals surface area contributed by atoms with E-state index in [2.05, 4.69) is 0 Å². The first-order chi connectivity index (χ1) is 6.66. The Bertz CT molecular complexity index is 508. The zero-order chi connectivity index (χ0) is 10.1. The summed E-state index contributed by atoms with van der Waals surface area (Å²) in [7, 11) is 0. The SMILES string of the molecule is O=C(O)c1ccc2cc(O)ccc2c1.[K]. The van der Waals surface area contributed by atoms with E-state index >= 15 is 0 Å². The minimum Gasteiger partial charge on any atom is -0.508 e. The van der Waals surface area contributed by atoms with Crippen molar-refractivity contribution < 1.29 is 15.0 Å². The van der Waals surface area contributed by atoms with E-state index in [4.69, 9.17) is 5.11 Å². The number of rotatable bonds is 1. The van der Waals surface area contributed by atoms with Gasteiger partial charge in [-0.3, -0.25) is 0 Å². The van der Waals surface area contributed by atoms with Crippen molar-refractivity contribution in [2.24, 2.45) is 0 Å². The van der Waals surface area contributed by atoms with Crippen LogP contribution < -0.4 is 0 Å². The number of aromatic carboxylic acids is 1. The Morgan fingerprint density at radius 2 is 1.60 bits per heavy atom. The number of hydrogen-bond acceptors (Lipinski definition) is 2. The molecule has 0 saturated carbocycles. The van der Waals surface area contributed by atoms with E-state index < -0.39 is 5.97 Å². The van der Waals surface area contributed by atoms with Crippen molar-refractivity contribution in [3.8, 4) is 5.75 Å². The average molecular weight is 227 g/mol. The molecular weight excluding hydrogens is 219 g/mol. The van der Waals surface area contributed by atoms with Crippen LogP contribution >= 0.6 is 0 Å². The number of fused-ring (bicyclic) bond motifs is 1. The average Bonchev–Trinajstić information content (AvgIpc) is 2.16. The number of carbonyl (C=O) groups is 1. The first-order valence-corrected chi connectivity index (χ1v) is 4.13. The van der Waals surface area contributed by atoms with Crippen LogP contribution in [0.2, 0.25) is 0 Å². The molecule has 0 atom stereocenters. The molecule has 3 nitrogen and oxygen atoms in total. The van der Waals surface area contributed by atoms with Crippen molar-refractivity contribution in [1.29, 1.82) is 0 Å². The van der Waals surface area contributed by atoms with Crippen LogP contribution in [0.3, 0.4) is 0 Å². The Morgan fingerprint density at radius 1 is 1.00 bits per heavy atom. The maximum atomic E-state index is 10.7. The first-order valence-electron chi connectivity index (χ1n) is 4.13. The molecule has 0 heterocycles. The van der Waals surface area contributed by atoms with Crippen LogP contribution in [0.4, 0.5) is 0 Å². The van der Waals surface area contributed by atoms with Crippen LogP contribution in [-0.4, -0.2) is 67.6 Å². The fourth-order valence-electron chi connectivity index (χ4n) is 1.37. The Hall–Kier alpha value is -0.394. The largest absolute Gasteiger partial charge is 0.508 e. The Morgan fingerprint density at radius 3 is 2.27 bits per heavy atom. The second-order valence-electron chi connectivity index (χ2n) is 3.05. The number of carboxylic acids is 1. The van der Waals surface area contributed by atoms with Gasteiger partial charge in [-0.25, -0.2) is 4.79 Å². The van der Waals surface area contributed by atoms with Gasteiger partial charge in [0.05, 0.1) is 5.56 Å². The molecule has 15 heavy (non-hydrogen) atoms. The first kappa shape index (κ1) is 12.7. The topological polar surface area (TPSA) is 57.5 Å². The van der Waals surface area contributed by atoms with Gasteiger partial charge < -0.3 is 10.2 Å². The standard InChI is InChI=1S/C11H8O3.K/c12-10-4-3-7-5-9(11(13)14)2-1-8(7)6-10;/h1-6,12H,(H,13,14);. The van der Waals surface area contributed by atoms with Crippen LogP contribution in [0.5, 0.6) is 5.75 Å². The monoisotopic (exact) mass is 227 g/mol. The van der Waals surface area contributed by atoms with Gasteiger partial charge in [0.25, 0.3) is 0 Å². The smallest absolute Gasteiger partial charge is 0.335 e. The molecule has 4 heteroatoms. The van der Waals surface area contributed by atoms with Gasteiger partial charge in [0.2, 0.25) is 0 Å². The summed E-state index contributed by atoms with van der Waals surface area (Å²) < 4.78 is 0. The van der Waals surface area contributed by atoms with Gasteiger partial charge in [0, 0.05) is 51.4 Å². The zero-order valence-electron chi connectivity index (χ0n) is 8.27. The van der Waals surface area contributed by atoms with Crippen molar-refractivity contribution in [2.45, 2.75) is 0 Å². The van der Waals surface area contributed by atoms with Gasteiger partial charge in [-0.1, -0.05) is 12.1 Å². The van der Waals surface area contributed by atoms with Gasteiger partial charge in [-0.05, 0) is 35.0 Å². The van der Waals surface area contributed by atoms with Crippen LogP contribution in [0.25, 0.3) is 10.8 Å². The molecule has 0 saturated heterocycles. The zero-order valence-corrected chi connectivity index (χ0v) is 11.4. The second kappa shape index (κ2) is 5.09. The predicted octanol–water partition coefficient (Wildman–Crippen LogP) is 1.86. The molecule has 0 aliphatic heterocycles. The van der Waals surface area contributed by atoms with Gasteiger partial charge in [0.1, 0.15) is 5.75 Å². The number of aromatic hydroxyl groups is 1. The third kappa shape index (κ3) is 2.80. The number of carboxylic acid groups (broad SMARTS) is 1. The Balaban J connectivity index is 0.00000112. The molecule has 0 aliphatic carbocycles. The fraction of sp³-hybridized carbons (Fsp3) is 0. The molecule has 2 aromatic carbocycles. The number of benzene rings is 2. The summed E-state index contributed by atoms with van der Waals surface area (Å²) in [5.41, 5.74) is 0.253. The summed E-state index contributed by atoms with van der Waals surface area (Å²) >= 11 is 0. The molecule has 0 aromatic heterocycles. The predicted molar refractivity (Wildman–Crippen MR) is 58.3 cm³/mol. The molecule has 0 fully saturated rings. The normalized spacial score (nSPS) is 9.60. The van der Waals surface area contributed by atoms with Crippen molar-refractivity contribution >= 4 is 68.1 Å². The van der Waals surface area contributed by atoms with Crippen molar-refractivity contribution in [3.63, 3.8) is 0 Å². The number of phenolic OH excluding ortho intramolecular Hbond substituents is 1. The van der Waals surface area contributed by atoms with Crippen LogP contribution in [0.15, 0.2) is 36.4 Å². The maximum Gasteiger partial charge on any atom is 0.335 e. The van der Waals surface area contributed by atoms with E-state index in [1.54, 1.807) is 24.3 Å². The van der Waals surface area contributed by atoms with E-state index in [0.717, 1.165) is 10.8 Å². The van der Waals surface area contributed by atoms with Gasteiger partial charge in [-0.2, -0.15) is 0 Å². The molecule has 0 unspecified atom stereocenters. The third-order valence-corrected chi connectivity index (χ3v) is 2.07. The Labute approximate surface area is 129 Å². The van der Waals surface area contributed by atoms with Crippen molar-refractivity contribution in [1.82, 2.24) is 0 Å². The molecule has 2 rings (SSSR count). The fourth-order valence-corrected chi connectivity index (χ4v) is 1.37. The summed E-state index contributed by atoms with van der Waals surface area (Å²) in [6.45, 7) is 0. The summed E-state index contributed by atoms with van der Waals surface area (Å²) in [5.74, 6) is -0.763. The molecule has 0 aliphatic rings. The van der Waals surface area contributed by atoms with Crippen LogP contribution in [-0.2, 0) is 0 Å². The van der Waals surface area contributed by atoms with E-state index in [1.807, 2.05) is 0 Å². The van der Waals surface area contributed by atoms with E-state index in [-0.39, 0.29) is 62.7 Å². The quantitative estimate of drug-likeness (QED) is 0.731. The molecule has 2 N–H and O–H groups in total. The Kier molecular flexibility index (Phi) is 4.30. The molecule has 0 amide bonds. The maximum absolute atomic E-state index is 10.7. The second-order valence-corrected chi connectivity index (χ2v) is 3.05. The molecule has 1 radical (unpaired) electrons. The number of phenols is 1. The van der Waals surface area contributed by atoms with Gasteiger partial charge in [0.15, 0.2) is 0 Å². The molecular formula is C11H8KO3. The van der Waals surface area contributed by atoms with E-state index in [9.17, 15) is 9.90 Å². The number of hydrogen-bond donors (Lipinski definition) is 2. The summed E-state index contributed by atoms with van der Waals surface area (Å²) in [5, 5.41) is 19.6. The van der Waals surface area contributed by atoms with E-state index in [1.165, 1.54) is 12.1 Å². The van der Waals surface area contributed by atoms with Crippen LogP contribution in [0, 0.1) is 0 Å². The summed E-state index contributed by atoms with van der Waals surface area (Å²) in [6.07, 6.45) is 0. The van der Waals surface area contributed by atoms with Crippen molar-refractivity contribution in [3.05, 3.63) is 42.0 Å². The van der Waals surface area contributed by atoms with E-state index in [0.29, 0.717) is 0 Å². The van der Waals surface area contributed by atoms with Gasteiger partial charge in [-0.15, -0.1) is 0 Å². The molecule has 2 aromatic rings. The molecule has 0 bridgehead atoms. The minimum absolute atomic E-state index is 0. The third-order valence-electron chi connectivity index (χ3n) is 2.07. The summed E-state index contributed by atoms with van der Waals surface area (Å²) in [4.78, 5) is 10.7. The van der Waals surface area contributed by atoms with Crippen LogP contribution in [0.1, 0.15) is 10.4 Å². The summed E-state index contributed by atoms with van der Waals surface area (Å²) in [6, 6.07) is 9.60. The molecule has 0 spiro atoms. The molecule has 71 valence electrons. The van der Waals surface area contributed by atoms with Gasteiger partial charge >= 0.3 is 5.97 Å².